The summed E-state index contributed by atoms with van der Waals surface area (Å²) in [6.45, 7) is 9.23. The van der Waals surface area contributed by atoms with Gasteiger partial charge in [0, 0.05) is 13.2 Å². The van der Waals surface area contributed by atoms with E-state index in [1.807, 2.05) is 0 Å². The number of ether oxygens (including phenoxy) is 1. The van der Waals surface area contributed by atoms with Crippen molar-refractivity contribution in [2.75, 3.05) is 19.8 Å². The predicted molar refractivity (Wildman–Crippen MR) is 80.4 cm³/mol. The first-order chi connectivity index (χ1) is 8.95. The summed E-state index contributed by atoms with van der Waals surface area (Å²) < 4.78 is 5.47. The molecule has 0 amide bonds. The molecule has 2 nitrogen and oxygen atoms in total. The molecule has 0 aromatic heterocycles. The zero-order valence-corrected chi connectivity index (χ0v) is 12.5. The van der Waals surface area contributed by atoms with E-state index in [-0.39, 0.29) is 10.8 Å². The molecule has 2 rings (SSSR count). The van der Waals surface area contributed by atoms with Gasteiger partial charge in [-0.1, -0.05) is 45.0 Å². The topological polar surface area (TPSA) is 35.2 Å². The normalized spacial score (nSPS) is 19.4. The molecule has 0 bridgehead atoms. The third-order valence-corrected chi connectivity index (χ3v) is 4.39. The number of benzene rings is 1. The van der Waals surface area contributed by atoms with Gasteiger partial charge >= 0.3 is 0 Å². The van der Waals surface area contributed by atoms with E-state index < -0.39 is 0 Å². The lowest BCUT2D eigenvalue weighted by Gasteiger charge is -2.36. The van der Waals surface area contributed by atoms with Crippen LogP contribution < -0.4 is 5.73 Å². The van der Waals surface area contributed by atoms with Crippen LogP contribution in [0.2, 0.25) is 0 Å². The Kier molecular flexibility index (Phi) is 4.32. The first-order valence-corrected chi connectivity index (χ1v) is 7.32. The number of hydrogen-bond acceptors (Lipinski definition) is 2. The average molecular weight is 261 g/mol. The van der Waals surface area contributed by atoms with Gasteiger partial charge in [0.1, 0.15) is 0 Å². The number of hydrogen-bond donors (Lipinski definition) is 1. The Balaban J connectivity index is 2.10. The summed E-state index contributed by atoms with van der Waals surface area (Å²) >= 11 is 0. The molecule has 0 aliphatic carbocycles. The van der Waals surface area contributed by atoms with E-state index in [1.54, 1.807) is 0 Å². The Morgan fingerprint density at radius 2 is 1.68 bits per heavy atom. The molecule has 1 aromatic carbocycles. The van der Waals surface area contributed by atoms with Crippen molar-refractivity contribution < 1.29 is 4.74 Å². The highest BCUT2D eigenvalue weighted by Gasteiger charge is 2.31. The summed E-state index contributed by atoms with van der Waals surface area (Å²) in [5, 5.41) is 0. The lowest BCUT2D eigenvalue weighted by atomic mass is 9.75. The summed E-state index contributed by atoms with van der Waals surface area (Å²) in [4.78, 5) is 0. The predicted octanol–water partition coefficient (Wildman–Crippen LogP) is 3.28. The van der Waals surface area contributed by atoms with Crippen LogP contribution in [0.25, 0.3) is 0 Å². The minimum absolute atomic E-state index is 0.225. The first kappa shape index (κ1) is 14.5. The quantitative estimate of drug-likeness (QED) is 0.906. The standard InChI is InChI=1S/C17H27NO/c1-16(2,3)15-6-4-14(5-7-15)12-17(13-18)8-10-19-11-9-17/h4-7H,8-13,18H2,1-3H3. The zero-order valence-electron chi connectivity index (χ0n) is 12.5. The minimum atomic E-state index is 0.225. The fraction of sp³-hybridized carbons (Fsp3) is 0.647. The van der Waals surface area contributed by atoms with E-state index in [4.69, 9.17) is 10.5 Å². The van der Waals surface area contributed by atoms with Crippen LogP contribution in [-0.2, 0) is 16.6 Å². The molecule has 0 spiro atoms. The van der Waals surface area contributed by atoms with Gasteiger partial charge in [0.15, 0.2) is 0 Å². The lowest BCUT2D eigenvalue weighted by molar-refractivity contribution is 0.0191. The van der Waals surface area contributed by atoms with Crippen molar-refractivity contribution in [3.8, 4) is 0 Å². The molecular weight excluding hydrogens is 234 g/mol. The highest BCUT2D eigenvalue weighted by molar-refractivity contribution is 5.28. The van der Waals surface area contributed by atoms with Gasteiger partial charge in [0.2, 0.25) is 0 Å². The monoisotopic (exact) mass is 261 g/mol. The molecule has 1 heterocycles. The van der Waals surface area contributed by atoms with E-state index in [9.17, 15) is 0 Å². The lowest BCUT2D eigenvalue weighted by Crippen LogP contribution is -2.38. The van der Waals surface area contributed by atoms with E-state index in [1.165, 1.54) is 11.1 Å². The summed E-state index contributed by atoms with van der Waals surface area (Å²) in [6, 6.07) is 9.07. The Labute approximate surface area is 117 Å². The SMILES string of the molecule is CC(C)(C)c1ccc(CC2(CN)CCOCC2)cc1. The van der Waals surface area contributed by atoms with Crippen molar-refractivity contribution in [2.45, 2.75) is 45.4 Å². The van der Waals surface area contributed by atoms with Crippen LogP contribution >= 0.6 is 0 Å². The van der Waals surface area contributed by atoms with E-state index in [2.05, 4.69) is 45.0 Å². The first-order valence-electron chi connectivity index (χ1n) is 7.32. The van der Waals surface area contributed by atoms with E-state index >= 15 is 0 Å². The molecule has 19 heavy (non-hydrogen) atoms. The second-order valence-electron chi connectivity index (χ2n) is 6.94. The zero-order chi connectivity index (χ0) is 13.9. The molecule has 106 valence electrons. The van der Waals surface area contributed by atoms with Crippen LogP contribution in [0.4, 0.5) is 0 Å². The van der Waals surface area contributed by atoms with Gasteiger partial charge in [-0.2, -0.15) is 0 Å². The van der Waals surface area contributed by atoms with E-state index in [0.29, 0.717) is 0 Å². The highest BCUT2D eigenvalue weighted by atomic mass is 16.5. The molecule has 2 N–H and O–H groups in total. The van der Waals surface area contributed by atoms with Gasteiger partial charge in [-0.15, -0.1) is 0 Å². The summed E-state index contributed by atoms with van der Waals surface area (Å²) in [5.74, 6) is 0. The third kappa shape index (κ3) is 3.58. The van der Waals surface area contributed by atoms with Crippen LogP contribution in [0, 0.1) is 5.41 Å². The molecule has 0 atom stereocenters. The maximum Gasteiger partial charge on any atom is 0.0471 e. The average Bonchev–Trinajstić information content (AvgIpc) is 2.39. The maximum absolute atomic E-state index is 6.03. The van der Waals surface area contributed by atoms with Crippen molar-refractivity contribution in [2.24, 2.45) is 11.1 Å². The van der Waals surface area contributed by atoms with Crippen LogP contribution in [0.5, 0.6) is 0 Å². The Bertz CT molecular complexity index is 396. The Morgan fingerprint density at radius 3 is 2.16 bits per heavy atom. The molecule has 1 aromatic rings. The third-order valence-electron chi connectivity index (χ3n) is 4.39. The van der Waals surface area contributed by atoms with Crippen LogP contribution in [0.3, 0.4) is 0 Å². The Morgan fingerprint density at radius 1 is 1.11 bits per heavy atom. The molecular formula is C17H27NO. The minimum Gasteiger partial charge on any atom is -0.381 e. The van der Waals surface area contributed by atoms with Gasteiger partial charge in [0.25, 0.3) is 0 Å². The van der Waals surface area contributed by atoms with Crippen molar-refractivity contribution in [3.05, 3.63) is 35.4 Å². The van der Waals surface area contributed by atoms with Crippen molar-refractivity contribution in [3.63, 3.8) is 0 Å². The molecule has 1 aliphatic rings. The second-order valence-corrected chi connectivity index (χ2v) is 6.94. The summed E-state index contributed by atoms with van der Waals surface area (Å²) in [5.41, 5.74) is 9.30. The molecule has 1 aliphatic heterocycles. The van der Waals surface area contributed by atoms with Crippen LogP contribution in [0.15, 0.2) is 24.3 Å². The highest BCUT2D eigenvalue weighted by Crippen LogP contribution is 2.33. The maximum atomic E-state index is 6.03. The van der Waals surface area contributed by atoms with Crippen molar-refractivity contribution in [1.82, 2.24) is 0 Å². The number of nitrogens with two attached hydrogens (primary N) is 1. The second kappa shape index (κ2) is 5.64. The van der Waals surface area contributed by atoms with Crippen molar-refractivity contribution >= 4 is 0 Å². The number of rotatable bonds is 3. The molecule has 1 fully saturated rings. The molecule has 2 heteroatoms. The van der Waals surface area contributed by atoms with Crippen LogP contribution in [0.1, 0.15) is 44.7 Å². The van der Waals surface area contributed by atoms with Gasteiger partial charge in [0.05, 0.1) is 0 Å². The van der Waals surface area contributed by atoms with Crippen LogP contribution in [-0.4, -0.2) is 19.8 Å². The molecule has 1 saturated heterocycles. The smallest absolute Gasteiger partial charge is 0.0471 e. The van der Waals surface area contributed by atoms with Gasteiger partial charge in [-0.05, 0) is 47.8 Å². The molecule has 0 unspecified atom stereocenters. The summed E-state index contributed by atoms with van der Waals surface area (Å²) in [6.07, 6.45) is 3.26. The van der Waals surface area contributed by atoms with Gasteiger partial charge < -0.3 is 10.5 Å². The van der Waals surface area contributed by atoms with Gasteiger partial charge in [-0.3, -0.25) is 0 Å². The molecule has 0 radical (unpaired) electrons. The largest absolute Gasteiger partial charge is 0.381 e. The van der Waals surface area contributed by atoms with Gasteiger partial charge in [-0.25, -0.2) is 0 Å². The van der Waals surface area contributed by atoms with Crippen molar-refractivity contribution in [1.29, 1.82) is 0 Å². The summed E-state index contributed by atoms with van der Waals surface area (Å²) in [7, 11) is 0. The Hall–Kier alpha value is -0.860. The fourth-order valence-electron chi connectivity index (χ4n) is 2.81. The molecule has 0 saturated carbocycles. The van der Waals surface area contributed by atoms with E-state index in [0.717, 1.165) is 39.0 Å². The fourth-order valence-corrected chi connectivity index (χ4v) is 2.81.